The second kappa shape index (κ2) is 5.19. The number of nitriles is 1. The molecule has 1 heterocycles. The van der Waals surface area contributed by atoms with Gasteiger partial charge in [-0.1, -0.05) is 6.07 Å². The number of carbonyl (C=O) groups is 1. The highest BCUT2D eigenvalue weighted by atomic mass is 16.2. The lowest BCUT2D eigenvalue weighted by atomic mass is 10.1. The molecular weight excluding hydrogens is 226 g/mol. The maximum Gasteiger partial charge on any atom is 0.245 e. The van der Waals surface area contributed by atoms with Crippen LogP contribution in [0.4, 0.5) is 5.69 Å². The van der Waals surface area contributed by atoms with Gasteiger partial charge >= 0.3 is 0 Å². The summed E-state index contributed by atoms with van der Waals surface area (Å²) in [5, 5.41) is 11.8. The largest absolute Gasteiger partial charge is 0.310 e. The number of anilines is 1. The van der Waals surface area contributed by atoms with Crippen LogP contribution in [0.15, 0.2) is 18.2 Å². The number of amides is 1. The zero-order valence-corrected chi connectivity index (χ0v) is 10.7. The van der Waals surface area contributed by atoms with Crippen molar-refractivity contribution in [2.24, 2.45) is 0 Å². The fourth-order valence-electron chi connectivity index (χ4n) is 2.35. The fraction of sp³-hybridized carbons (Fsp3) is 0.429. The van der Waals surface area contributed by atoms with Gasteiger partial charge in [0.25, 0.3) is 0 Å². The average Bonchev–Trinajstić information content (AvgIpc) is 2.31. The van der Waals surface area contributed by atoms with Crippen molar-refractivity contribution in [2.45, 2.75) is 26.3 Å². The molecule has 1 aromatic rings. The summed E-state index contributed by atoms with van der Waals surface area (Å²) in [4.78, 5) is 14.0. The molecule has 1 N–H and O–H groups in total. The van der Waals surface area contributed by atoms with E-state index in [0.717, 1.165) is 23.4 Å². The van der Waals surface area contributed by atoms with Crippen LogP contribution < -0.4 is 10.2 Å². The molecule has 4 nitrogen and oxygen atoms in total. The van der Waals surface area contributed by atoms with Gasteiger partial charge in [0.2, 0.25) is 5.91 Å². The zero-order valence-electron chi connectivity index (χ0n) is 10.7. The summed E-state index contributed by atoms with van der Waals surface area (Å²) in [5.41, 5.74) is 3.23. The Morgan fingerprint density at radius 1 is 1.39 bits per heavy atom. The van der Waals surface area contributed by atoms with Crippen LogP contribution in [0, 0.1) is 25.2 Å². The van der Waals surface area contributed by atoms with E-state index in [1.807, 2.05) is 26.0 Å². The molecule has 0 saturated carbocycles. The molecule has 1 aliphatic heterocycles. The standard InChI is InChI=1S/C14H17N3O/c1-10-7-11(2)9-12(8-10)17-6-5-16-13(3-4-15)14(17)18/h7-9,13,16H,3,5-6H2,1-2H3. The Balaban J connectivity index is 2.27. The Bertz CT molecular complexity index is 484. The number of aryl methyl sites for hydroxylation is 2. The Morgan fingerprint density at radius 3 is 2.67 bits per heavy atom. The van der Waals surface area contributed by atoms with Crippen molar-refractivity contribution in [3.05, 3.63) is 29.3 Å². The second-order valence-corrected chi connectivity index (χ2v) is 4.70. The summed E-state index contributed by atoms with van der Waals surface area (Å²) in [6.45, 7) is 5.43. The number of nitrogens with one attached hydrogen (secondary N) is 1. The van der Waals surface area contributed by atoms with Gasteiger partial charge in [-0.25, -0.2) is 0 Å². The molecule has 4 heteroatoms. The number of rotatable bonds is 2. The summed E-state index contributed by atoms with van der Waals surface area (Å²) in [5.74, 6) is -0.00667. The number of nitrogens with zero attached hydrogens (tertiary/aromatic N) is 2. The molecule has 0 aromatic heterocycles. The van der Waals surface area contributed by atoms with Crippen molar-refractivity contribution < 1.29 is 4.79 Å². The summed E-state index contributed by atoms with van der Waals surface area (Å²) >= 11 is 0. The molecule has 1 aliphatic rings. The monoisotopic (exact) mass is 243 g/mol. The van der Waals surface area contributed by atoms with Crippen molar-refractivity contribution in [2.75, 3.05) is 18.0 Å². The van der Waals surface area contributed by atoms with Crippen LogP contribution in [0.3, 0.4) is 0 Å². The number of carbonyl (C=O) groups excluding carboxylic acids is 1. The van der Waals surface area contributed by atoms with E-state index in [4.69, 9.17) is 5.26 Å². The van der Waals surface area contributed by atoms with E-state index in [9.17, 15) is 4.79 Å². The van der Waals surface area contributed by atoms with E-state index >= 15 is 0 Å². The molecule has 1 amide bonds. The molecule has 2 rings (SSSR count). The quantitative estimate of drug-likeness (QED) is 0.856. The minimum absolute atomic E-state index is 0.00667. The number of hydrogen-bond acceptors (Lipinski definition) is 3. The lowest BCUT2D eigenvalue weighted by Crippen LogP contribution is -2.55. The predicted octanol–water partition coefficient (Wildman–Crippen LogP) is 1.52. The van der Waals surface area contributed by atoms with Crippen LogP contribution in [0.1, 0.15) is 17.5 Å². The smallest absolute Gasteiger partial charge is 0.245 e. The molecule has 1 atom stereocenters. The zero-order chi connectivity index (χ0) is 13.1. The van der Waals surface area contributed by atoms with Gasteiger partial charge in [0, 0.05) is 18.8 Å². The molecule has 1 fully saturated rings. The van der Waals surface area contributed by atoms with E-state index in [2.05, 4.69) is 17.5 Å². The third kappa shape index (κ3) is 2.52. The molecule has 94 valence electrons. The third-order valence-corrected chi connectivity index (χ3v) is 3.10. The maximum atomic E-state index is 12.3. The highest BCUT2D eigenvalue weighted by Gasteiger charge is 2.29. The Morgan fingerprint density at radius 2 is 2.06 bits per heavy atom. The first-order chi connectivity index (χ1) is 8.61. The summed E-state index contributed by atoms with van der Waals surface area (Å²) in [6, 6.07) is 7.80. The van der Waals surface area contributed by atoms with Crippen LogP contribution in [0.5, 0.6) is 0 Å². The van der Waals surface area contributed by atoms with E-state index in [-0.39, 0.29) is 18.4 Å². The number of hydrogen-bond donors (Lipinski definition) is 1. The summed E-state index contributed by atoms with van der Waals surface area (Å²) in [6.07, 6.45) is 0.222. The molecule has 0 radical (unpaired) electrons. The van der Waals surface area contributed by atoms with Gasteiger partial charge < -0.3 is 10.2 Å². The topological polar surface area (TPSA) is 56.1 Å². The summed E-state index contributed by atoms with van der Waals surface area (Å²) < 4.78 is 0. The van der Waals surface area contributed by atoms with Crippen molar-refractivity contribution in [3.8, 4) is 6.07 Å². The van der Waals surface area contributed by atoms with Crippen molar-refractivity contribution in [1.29, 1.82) is 5.26 Å². The van der Waals surface area contributed by atoms with Gasteiger partial charge in [0.15, 0.2) is 0 Å². The second-order valence-electron chi connectivity index (χ2n) is 4.70. The molecule has 1 unspecified atom stereocenters. The first kappa shape index (κ1) is 12.6. The minimum Gasteiger partial charge on any atom is -0.310 e. The number of benzene rings is 1. The molecule has 0 aliphatic carbocycles. The highest BCUT2D eigenvalue weighted by molar-refractivity contribution is 5.98. The van der Waals surface area contributed by atoms with Crippen molar-refractivity contribution >= 4 is 11.6 Å². The maximum absolute atomic E-state index is 12.3. The van der Waals surface area contributed by atoms with E-state index in [0.29, 0.717) is 6.54 Å². The van der Waals surface area contributed by atoms with Gasteiger partial charge in [-0.05, 0) is 37.1 Å². The van der Waals surface area contributed by atoms with Crippen LogP contribution in [-0.2, 0) is 4.79 Å². The fourth-order valence-corrected chi connectivity index (χ4v) is 2.35. The number of piperazine rings is 1. The van der Waals surface area contributed by atoms with Crippen LogP contribution >= 0.6 is 0 Å². The van der Waals surface area contributed by atoms with Gasteiger partial charge in [-0.2, -0.15) is 5.26 Å². The average molecular weight is 243 g/mol. The molecule has 1 saturated heterocycles. The van der Waals surface area contributed by atoms with Gasteiger partial charge in [0.05, 0.1) is 12.5 Å². The molecule has 1 aromatic carbocycles. The summed E-state index contributed by atoms with van der Waals surface area (Å²) in [7, 11) is 0. The third-order valence-electron chi connectivity index (χ3n) is 3.10. The lowest BCUT2D eigenvalue weighted by Gasteiger charge is -2.32. The first-order valence-electron chi connectivity index (χ1n) is 6.12. The van der Waals surface area contributed by atoms with Crippen LogP contribution in [0.2, 0.25) is 0 Å². The Hall–Kier alpha value is -1.86. The van der Waals surface area contributed by atoms with Crippen molar-refractivity contribution in [3.63, 3.8) is 0 Å². The molecular formula is C14H17N3O. The Kier molecular flexibility index (Phi) is 3.63. The van der Waals surface area contributed by atoms with Crippen LogP contribution in [-0.4, -0.2) is 25.0 Å². The lowest BCUT2D eigenvalue weighted by molar-refractivity contribution is -0.121. The SMILES string of the molecule is Cc1cc(C)cc(N2CCNC(CC#N)C2=O)c1. The normalized spacial score (nSPS) is 19.7. The van der Waals surface area contributed by atoms with E-state index in [1.54, 1.807) is 4.90 Å². The first-order valence-corrected chi connectivity index (χ1v) is 6.12. The van der Waals surface area contributed by atoms with E-state index < -0.39 is 0 Å². The van der Waals surface area contributed by atoms with Crippen molar-refractivity contribution in [1.82, 2.24) is 5.32 Å². The molecule has 0 bridgehead atoms. The van der Waals surface area contributed by atoms with Crippen LogP contribution in [0.25, 0.3) is 0 Å². The minimum atomic E-state index is -0.371. The highest BCUT2D eigenvalue weighted by Crippen LogP contribution is 2.21. The Labute approximate surface area is 107 Å². The van der Waals surface area contributed by atoms with Gasteiger partial charge in [0.1, 0.15) is 6.04 Å². The van der Waals surface area contributed by atoms with Gasteiger partial charge in [-0.15, -0.1) is 0 Å². The van der Waals surface area contributed by atoms with E-state index in [1.165, 1.54) is 0 Å². The molecule has 18 heavy (non-hydrogen) atoms. The molecule has 0 spiro atoms. The van der Waals surface area contributed by atoms with Gasteiger partial charge in [-0.3, -0.25) is 4.79 Å². The predicted molar refractivity (Wildman–Crippen MR) is 70.3 cm³/mol.